The maximum absolute atomic E-state index is 13.0. The molecule has 0 atom stereocenters. The molecule has 118 valence electrons. The van der Waals surface area contributed by atoms with Gasteiger partial charge < -0.3 is 4.90 Å². The quantitative estimate of drug-likeness (QED) is 0.728. The fourth-order valence-corrected chi connectivity index (χ4v) is 2.76. The standard InChI is InChI=1S/C14H10ClF4NOS/c15-12-5-10(16)1-2-11(12)13(21)20(8-14(17,18)19)6-9-3-4-22-7-9/h1-5,7H,6,8H2. The second-order valence-electron chi connectivity index (χ2n) is 4.53. The predicted molar refractivity (Wildman–Crippen MR) is 76.5 cm³/mol. The third-order valence-corrected chi connectivity index (χ3v) is 3.82. The first kappa shape index (κ1) is 16.8. The Balaban J connectivity index is 2.28. The summed E-state index contributed by atoms with van der Waals surface area (Å²) in [6.45, 7) is -1.61. The summed E-state index contributed by atoms with van der Waals surface area (Å²) in [6.07, 6.45) is -4.54. The Labute approximate surface area is 132 Å². The van der Waals surface area contributed by atoms with Gasteiger partial charge in [0.05, 0.1) is 10.6 Å². The highest BCUT2D eigenvalue weighted by Gasteiger charge is 2.34. The monoisotopic (exact) mass is 351 g/mol. The Bertz CT molecular complexity index is 657. The Morgan fingerprint density at radius 1 is 1.27 bits per heavy atom. The number of hydrogen-bond donors (Lipinski definition) is 0. The van der Waals surface area contributed by atoms with Crippen molar-refractivity contribution >= 4 is 28.8 Å². The van der Waals surface area contributed by atoms with Crippen LogP contribution in [0.2, 0.25) is 5.02 Å². The lowest BCUT2D eigenvalue weighted by atomic mass is 10.1. The molecule has 0 fully saturated rings. The molecule has 0 aliphatic heterocycles. The fraction of sp³-hybridized carbons (Fsp3) is 0.214. The zero-order chi connectivity index (χ0) is 16.3. The molecule has 22 heavy (non-hydrogen) atoms. The molecule has 0 radical (unpaired) electrons. The number of alkyl halides is 3. The van der Waals surface area contributed by atoms with Crippen molar-refractivity contribution in [3.05, 3.63) is 57.0 Å². The van der Waals surface area contributed by atoms with Gasteiger partial charge in [-0.3, -0.25) is 4.79 Å². The molecule has 2 rings (SSSR count). The highest BCUT2D eigenvalue weighted by atomic mass is 35.5. The van der Waals surface area contributed by atoms with Gasteiger partial charge in [-0.15, -0.1) is 0 Å². The van der Waals surface area contributed by atoms with E-state index in [2.05, 4.69) is 0 Å². The first-order chi connectivity index (χ1) is 10.3. The first-order valence-electron chi connectivity index (χ1n) is 6.08. The fourth-order valence-electron chi connectivity index (χ4n) is 1.85. The van der Waals surface area contributed by atoms with Crippen molar-refractivity contribution in [2.75, 3.05) is 6.54 Å². The maximum Gasteiger partial charge on any atom is 0.406 e. The van der Waals surface area contributed by atoms with Crippen molar-refractivity contribution in [1.82, 2.24) is 4.90 Å². The van der Waals surface area contributed by atoms with E-state index in [9.17, 15) is 22.4 Å². The molecule has 0 saturated heterocycles. The molecular formula is C14H10ClF4NOS. The second kappa shape index (κ2) is 6.66. The van der Waals surface area contributed by atoms with Crippen LogP contribution in [-0.4, -0.2) is 23.5 Å². The van der Waals surface area contributed by atoms with Crippen LogP contribution < -0.4 is 0 Å². The normalized spacial score (nSPS) is 11.5. The SMILES string of the molecule is O=C(c1ccc(F)cc1Cl)N(Cc1ccsc1)CC(F)(F)F. The number of rotatable bonds is 4. The van der Waals surface area contributed by atoms with Crippen LogP contribution in [-0.2, 0) is 6.54 Å². The van der Waals surface area contributed by atoms with Crippen molar-refractivity contribution in [3.63, 3.8) is 0 Å². The molecule has 2 aromatic rings. The summed E-state index contributed by atoms with van der Waals surface area (Å²) in [5.41, 5.74) is 0.420. The van der Waals surface area contributed by atoms with Crippen LogP contribution in [0.25, 0.3) is 0 Å². The number of amides is 1. The highest BCUT2D eigenvalue weighted by molar-refractivity contribution is 7.07. The van der Waals surface area contributed by atoms with Crippen molar-refractivity contribution in [1.29, 1.82) is 0 Å². The molecule has 1 aromatic heterocycles. The minimum atomic E-state index is -4.54. The average molecular weight is 352 g/mol. The van der Waals surface area contributed by atoms with E-state index in [1.165, 1.54) is 11.3 Å². The van der Waals surface area contributed by atoms with E-state index in [4.69, 9.17) is 11.6 Å². The van der Waals surface area contributed by atoms with Gasteiger partial charge in [0, 0.05) is 6.54 Å². The Morgan fingerprint density at radius 3 is 2.55 bits per heavy atom. The maximum atomic E-state index is 13.0. The minimum absolute atomic E-state index is 0.164. The van der Waals surface area contributed by atoms with Gasteiger partial charge in [0.1, 0.15) is 12.4 Å². The lowest BCUT2D eigenvalue weighted by molar-refractivity contribution is -0.141. The molecular weight excluding hydrogens is 342 g/mol. The molecule has 2 nitrogen and oxygen atoms in total. The average Bonchev–Trinajstić information content (AvgIpc) is 2.88. The smallest absolute Gasteiger partial charge is 0.325 e. The van der Waals surface area contributed by atoms with Crippen molar-refractivity contribution in [2.24, 2.45) is 0 Å². The lowest BCUT2D eigenvalue weighted by Crippen LogP contribution is -2.38. The van der Waals surface area contributed by atoms with Gasteiger partial charge in [0.2, 0.25) is 0 Å². The van der Waals surface area contributed by atoms with Crippen LogP contribution in [0.5, 0.6) is 0 Å². The van der Waals surface area contributed by atoms with Crippen LogP contribution in [0.3, 0.4) is 0 Å². The zero-order valence-corrected chi connectivity index (χ0v) is 12.6. The van der Waals surface area contributed by atoms with E-state index in [-0.39, 0.29) is 17.1 Å². The number of carbonyl (C=O) groups is 1. The van der Waals surface area contributed by atoms with Gasteiger partial charge >= 0.3 is 6.18 Å². The Hall–Kier alpha value is -1.60. The summed E-state index contributed by atoms with van der Waals surface area (Å²) >= 11 is 7.07. The topological polar surface area (TPSA) is 20.3 Å². The summed E-state index contributed by atoms with van der Waals surface area (Å²) in [7, 11) is 0. The van der Waals surface area contributed by atoms with E-state index in [1.54, 1.807) is 16.8 Å². The third-order valence-electron chi connectivity index (χ3n) is 2.77. The van der Waals surface area contributed by atoms with Gasteiger partial charge in [-0.2, -0.15) is 24.5 Å². The molecule has 0 saturated carbocycles. The van der Waals surface area contributed by atoms with Gasteiger partial charge in [-0.05, 0) is 40.6 Å². The molecule has 0 N–H and O–H groups in total. The predicted octanol–water partition coefficient (Wildman–Crippen LogP) is 4.75. The van der Waals surface area contributed by atoms with Crippen LogP contribution in [0.1, 0.15) is 15.9 Å². The molecule has 0 unspecified atom stereocenters. The third kappa shape index (κ3) is 4.45. The second-order valence-corrected chi connectivity index (χ2v) is 5.72. The van der Waals surface area contributed by atoms with Crippen molar-refractivity contribution in [2.45, 2.75) is 12.7 Å². The van der Waals surface area contributed by atoms with Crippen molar-refractivity contribution < 1.29 is 22.4 Å². The largest absolute Gasteiger partial charge is 0.406 e. The number of nitrogens with zero attached hydrogens (tertiary/aromatic N) is 1. The Kier molecular flexibility index (Phi) is 5.08. The van der Waals surface area contributed by atoms with Gasteiger partial charge in [0.25, 0.3) is 5.91 Å². The van der Waals surface area contributed by atoms with Crippen LogP contribution >= 0.6 is 22.9 Å². The van der Waals surface area contributed by atoms with E-state index in [1.807, 2.05) is 0 Å². The molecule has 1 heterocycles. The van der Waals surface area contributed by atoms with Crippen LogP contribution in [0.15, 0.2) is 35.0 Å². The summed E-state index contributed by atoms with van der Waals surface area (Å²) < 4.78 is 51.1. The summed E-state index contributed by atoms with van der Waals surface area (Å²) in [5.74, 6) is -1.56. The van der Waals surface area contributed by atoms with Gasteiger partial charge in [-0.25, -0.2) is 4.39 Å². The number of thiophene rings is 1. The summed E-state index contributed by atoms with van der Waals surface area (Å²) in [6, 6.07) is 4.59. The number of carbonyl (C=O) groups excluding carboxylic acids is 1. The molecule has 0 bridgehead atoms. The zero-order valence-electron chi connectivity index (χ0n) is 11.0. The Morgan fingerprint density at radius 2 is 2.00 bits per heavy atom. The summed E-state index contributed by atoms with van der Waals surface area (Å²) in [4.78, 5) is 12.9. The number of halogens is 5. The molecule has 0 spiro atoms. The first-order valence-corrected chi connectivity index (χ1v) is 7.40. The van der Waals surface area contributed by atoms with E-state index in [0.717, 1.165) is 18.2 Å². The molecule has 1 aromatic carbocycles. The highest BCUT2D eigenvalue weighted by Crippen LogP contribution is 2.24. The summed E-state index contributed by atoms with van der Waals surface area (Å²) in [5, 5.41) is 3.14. The lowest BCUT2D eigenvalue weighted by Gasteiger charge is -2.24. The molecule has 0 aliphatic carbocycles. The van der Waals surface area contributed by atoms with Gasteiger partial charge in [-0.1, -0.05) is 11.6 Å². The van der Waals surface area contributed by atoms with E-state index in [0.29, 0.717) is 10.5 Å². The van der Waals surface area contributed by atoms with Crippen LogP contribution in [0, 0.1) is 5.82 Å². The molecule has 0 aliphatic rings. The molecule has 8 heteroatoms. The number of benzene rings is 1. The van der Waals surface area contributed by atoms with Crippen molar-refractivity contribution in [3.8, 4) is 0 Å². The van der Waals surface area contributed by atoms with Crippen LogP contribution in [0.4, 0.5) is 17.6 Å². The number of hydrogen-bond acceptors (Lipinski definition) is 2. The van der Waals surface area contributed by atoms with E-state index < -0.39 is 24.4 Å². The van der Waals surface area contributed by atoms with Gasteiger partial charge in [0.15, 0.2) is 0 Å². The minimum Gasteiger partial charge on any atom is -0.325 e. The molecule has 1 amide bonds. The van der Waals surface area contributed by atoms with E-state index >= 15 is 0 Å².